The third-order valence-electron chi connectivity index (χ3n) is 2.35. The van der Waals surface area contributed by atoms with Crippen LogP contribution in [0.1, 0.15) is 5.56 Å². The van der Waals surface area contributed by atoms with Crippen molar-refractivity contribution in [2.75, 3.05) is 19.8 Å². The Bertz CT molecular complexity index is 321. The SMILES string of the molecule is O=C1COCC(Cc2ccccc2)OC1. The van der Waals surface area contributed by atoms with Crippen LogP contribution in [0.25, 0.3) is 0 Å². The maximum absolute atomic E-state index is 11.0. The first-order valence-electron chi connectivity index (χ1n) is 5.09. The second-order valence-electron chi connectivity index (χ2n) is 3.68. The highest BCUT2D eigenvalue weighted by atomic mass is 16.5. The van der Waals surface area contributed by atoms with Gasteiger partial charge in [-0.25, -0.2) is 0 Å². The first-order chi connectivity index (χ1) is 7.34. The number of ketones is 1. The van der Waals surface area contributed by atoms with Crippen LogP contribution < -0.4 is 0 Å². The van der Waals surface area contributed by atoms with Crippen molar-refractivity contribution < 1.29 is 14.3 Å². The number of ether oxygens (including phenoxy) is 2. The van der Waals surface area contributed by atoms with Crippen molar-refractivity contribution >= 4 is 5.78 Å². The Morgan fingerprint density at radius 3 is 2.80 bits per heavy atom. The van der Waals surface area contributed by atoms with Crippen LogP contribution in [0.4, 0.5) is 0 Å². The number of carbonyl (C=O) groups is 1. The van der Waals surface area contributed by atoms with Gasteiger partial charge in [0.15, 0.2) is 5.78 Å². The maximum Gasteiger partial charge on any atom is 0.184 e. The van der Waals surface area contributed by atoms with E-state index in [-0.39, 0.29) is 25.1 Å². The standard InChI is InChI=1S/C12H14O3/c13-11-7-14-9-12(15-8-11)6-10-4-2-1-3-5-10/h1-5,12H,6-9H2. The quantitative estimate of drug-likeness (QED) is 0.729. The van der Waals surface area contributed by atoms with Crippen molar-refractivity contribution in [3.8, 4) is 0 Å². The number of benzene rings is 1. The first kappa shape index (κ1) is 10.3. The number of Topliss-reactive ketones (excluding diaryl/α,β-unsaturated/α-hetero) is 1. The summed E-state index contributed by atoms with van der Waals surface area (Å²) in [5.41, 5.74) is 1.21. The molecule has 1 aliphatic heterocycles. The van der Waals surface area contributed by atoms with E-state index in [1.165, 1.54) is 5.56 Å². The van der Waals surface area contributed by atoms with Gasteiger partial charge in [-0.2, -0.15) is 0 Å². The molecular weight excluding hydrogens is 192 g/mol. The molecule has 0 aliphatic carbocycles. The zero-order valence-electron chi connectivity index (χ0n) is 8.52. The normalized spacial score (nSPS) is 22.4. The van der Waals surface area contributed by atoms with Crippen LogP contribution in [0.5, 0.6) is 0 Å². The van der Waals surface area contributed by atoms with E-state index >= 15 is 0 Å². The highest BCUT2D eigenvalue weighted by molar-refractivity contribution is 5.81. The lowest BCUT2D eigenvalue weighted by molar-refractivity contribution is -0.124. The number of hydrogen-bond donors (Lipinski definition) is 0. The van der Waals surface area contributed by atoms with Gasteiger partial charge in [-0.1, -0.05) is 30.3 Å². The molecule has 3 heteroatoms. The summed E-state index contributed by atoms with van der Waals surface area (Å²) in [5, 5.41) is 0. The summed E-state index contributed by atoms with van der Waals surface area (Å²) in [4.78, 5) is 11.0. The van der Waals surface area contributed by atoms with Gasteiger partial charge in [0.2, 0.25) is 0 Å². The van der Waals surface area contributed by atoms with Gasteiger partial charge >= 0.3 is 0 Å². The van der Waals surface area contributed by atoms with E-state index in [9.17, 15) is 4.79 Å². The molecule has 0 aromatic heterocycles. The fraction of sp³-hybridized carbons (Fsp3) is 0.417. The van der Waals surface area contributed by atoms with E-state index in [0.717, 1.165) is 6.42 Å². The fourth-order valence-electron chi connectivity index (χ4n) is 1.60. The van der Waals surface area contributed by atoms with E-state index in [0.29, 0.717) is 6.61 Å². The van der Waals surface area contributed by atoms with Gasteiger partial charge in [-0.3, -0.25) is 4.79 Å². The zero-order chi connectivity index (χ0) is 10.5. The van der Waals surface area contributed by atoms with Crippen LogP contribution >= 0.6 is 0 Å². The number of carbonyl (C=O) groups excluding carboxylic acids is 1. The summed E-state index contributed by atoms with van der Waals surface area (Å²) in [6.45, 7) is 0.865. The van der Waals surface area contributed by atoms with Gasteiger partial charge < -0.3 is 9.47 Å². The fourth-order valence-corrected chi connectivity index (χ4v) is 1.60. The van der Waals surface area contributed by atoms with Crippen molar-refractivity contribution in [1.29, 1.82) is 0 Å². The van der Waals surface area contributed by atoms with Gasteiger partial charge in [-0.05, 0) is 5.56 Å². The molecule has 1 aliphatic rings. The zero-order valence-corrected chi connectivity index (χ0v) is 8.52. The van der Waals surface area contributed by atoms with Crippen LogP contribution in [-0.4, -0.2) is 31.7 Å². The van der Waals surface area contributed by atoms with Crippen molar-refractivity contribution in [2.45, 2.75) is 12.5 Å². The third-order valence-corrected chi connectivity index (χ3v) is 2.35. The molecule has 0 saturated carbocycles. The molecule has 80 valence electrons. The van der Waals surface area contributed by atoms with Gasteiger partial charge in [0.25, 0.3) is 0 Å². The van der Waals surface area contributed by atoms with Crippen LogP contribution in [0, 0.1) is 0 Å². The Morgan fingerprint density at radius 2 is 2.00 bits per heavy atom. The Balaban J connectivity index is 1.92. The van der Waals surface area contributed by atoms with Crippen LogP contribution in [0.2, 0.25) is 0 Å². The first-order valence-corrected chi connectivity index (χ1v) is 5.09. The van der Waals surface area contributed by atoms with Crippen LogP contribution in [0.15, 0.2) is 30.3 Å². The highest BCUT2D eigenvalue weighted by Crippen LogP contribution is 2.08. The summed E-state index contributed by atoms with van der Waals surface area (Å²) >= 11 is 0. The molecule has 2 rings (SSSR count). The Kier molecular flexibility index (Phi) is 3.48. The average Bonchev–Trinajstić information content (AvgIpc) is 2.46. The Labute approximate surface area is 89.0 Å². The lowest BCUT2D eigenvalue weighted by Gasteiger charge is -2.13. The van der Waals surface area contributed by atoms with Crippen LogP contribution in [-0.2, 0) is 20.7 Å². The topological polar surface area (TPSA) is 35.5 Å². The molecule has 1 fully saturated rings. The van der Waals surface area contributed by atoms with Crippen molar-refractivity contribution in [3.05, 3.63) is 35.9 Å². The second kappa shape index (κ2) is 5.05. The Morgan fingerprint density at radius 1 is 1.20 bits per heavy atom. The van der Waals surface area contributed by atoms with Gasteiger partial charge in [-0.15, -0.1) is 0 Å². The molecule has 1 heterocycles. The molecule has 0 spiro atoms. The van der Waals surface area contributed by atoms with E-state index in [1.807, 2.05) is 18.2 Å². The summed E-state index contributed by atoms with van der Waals surface area (Å²) in [7, 11) is 0. The monoisotopic (exact) mass is 206 g/mol. The largest absolute Gasteiger partial charge is 0.371 e. The minimum absolute atomic E-state index is 0.00106. The molecule has 1 aromatic carbocycles. The van der Waals surface area contributed by atoms with Crippen molar-refractivity contribution in [3.63, 3.8) is 0 Å². The van der Waals surface area contributed by atoms with Gasteiger partial charge in [0.1, 0.15) is 13.2 Å². The van der Waals surface area contributed by atoms with Crippen molar-refractivity contribution in [2.24, 2.45) is 0 Å². The second-order valence-corrected chi connectivity index (χ2v) is 3.68. The smallest absolute Gasteiger partial charge is 0.184 e. The minimum Gasteiger partial charge on any atom is -0.371 e. The summed E-state index contributed by atoms with van der Waals surface area (Å²) in [6.07, 6.45) is 0.799. The van der Waals surface area contributed by atoms with Gasteiger partial charge in [0.05, 0.1) is 12.7 Å². The lowest BCUT2D eigenvalue weighted by Crippen LogP contribution is -2.20. The molecule has 0 N–H and O–H groups in total. The third kappa shape index (κ3) is 3.15. The van der Waals surface area contributed by atoms with E-state index < -0.39 is 0 Å². The molecule has 1 saturated heterocycles. The van der Waals surface area contributed by atoms with Crippen LogP contribution in [0.3, 0.4) is 0 Å². The predicted molar refractivity (Wildman–Crippen MR) is 55.7 cm³/mol. The van der Waals surface area contributed by atoms with E-state index in [2.05, 4.69) is 12.1 Å². The van der Waals surface area contributed by atoms with Crippen molar-refractivity contribution in [1.82, 2.24) is 0 Å². The van der Waals surface area contributed by atoms with E-state index in [1.54, 1.807) is 0 Å². The molecule has 1 unspecified atom stereocenters. The highest BCUT2D eigenvalue weighted by Gasteiger charge is 2.17. The Hall–Kier alpha value is -1.19. The predicted octanol–water partition coefficient (Wildman–Crippen LogP) is 1.21. The molecule has 0 radical (unpaired) electrons. The van der Waals surface area contributed by atoms with E-state index in [4.69, 9.17) is 9.47 Å². The number of rotatable bonds is 2. The molecule has 3 nitrogen and oxygen atoms in total. The molecular formula is C12H14O3. The average molecular weight is 206 g/mol. The molecule has 0 bridgehead atoms. The number of hydrogen-bond acceptors (Lipinski definition) is 3. The molecule has 0 amide bonds. The molecule has 15 heavy (non-hydrogen) atoms. The summed E-state index contributed by atoms with van der Waals surface area (Å²) in [6, 6.07) is 10.1. The van der Waals surface area contributed by atoms with Gasteiger partial charge in [0, 0.05) is 6.42 Å². The maximum atomic E-state index is 11.0. The lowest BCUT2D eigenvalue weighted by atomic mass is 10.1. The summed E-state index contributed by atoms with van der Waals surface area (Å²) < 4.78 is 10.7. The molecule has 1 aromatic rings. The summed E-state index contributed by atoms with van der Waals surface area (Å²) in [5.74, 6) is 0.0190. The molecule has 1 atom stereocenters. The minimum atomic E-state index is -0.00106.